The van der Waals surface area contributed by atoms with Crippen molar-refractivity contribution in [3.05, 3.63) is 16.0 Å². The zero-order valence-corrected chi connectivity index (χ0v) is 9.79. The molecule has 0 radical (unpaired) electrons. The molecule has 0 aromatic carbocycles. The first-order chi connectivity index (χ1) is 3.15. The standard InChI is InChI=1S/C2H9NSi.N3.Na/c1-3(2)4;1-3-2;/h1-2,4H3;;/q;-1;+1. The van der Waals surface area contributed by atoms with Gasteiger partial charge in [-0.15, -0.1) is 0 Å². The van der Waals surface area contributed by atoms with E-state index in [1.807, 2.05) is 0 Å². The van der Waals surface area contributed by atoms with Gasteiger partial charge in [0, 0.05) is 0 Å². The van der Waals surface area contributed by atoms with Crippen molar-refractivity contribution in [2.24, 2.45) is 0 Å². The molecule has 0 heterocycles. The van der Waals surface area contributed by atoms with Gasteiger partial charge in [-0.2, -0.15) is 0 Å². The number of rotatable bonds is 0. The van der Waals surface area contributed by atoms with Crippen LogP contribution >= 0.6 is 0 Å². The minimum Gasteiger partial charge on any atom is -0.373 e. The maximum atomic E-state index is 6.75. The van der Waals surface area contributed by atoms with Crippen LogP contribution in [-0.2, 0) is 0 Å². The van der Waals surface area contributed by atoms with Crippen LogP contribution in [0.4, 0.5) is 0 Å². The van der Waals surface area contributed by atoms with Crippen molar-refractivity contribution in [2.75, 3.05) is 14.1 Å². The van der Waals surface area contributed by atoms with Gasteiger partial charge in [0.05, 0.1) is 10.4 Å². The molecule has 0 fully saturated rings. The van der Waals surface area contributed by atoms with E-state index in [0.29, 0.717) is 0 Å². The van der Waals surface area contributed by atoms with Gasteiger partial charge in [-0.1, -0.05) is 0 Å². The predicted octanol–water partition coefficient (Wildman–Crippen LogP) is -3.30. The average molecular weight is 140 g/mol. The summed E-state index contributed by atoms with van der Waals surface area (Å²) in [5, 5.41) is 0. The first-order valence-corrected chi connectivity index (χ1v) is 2.64. The molecule has 0 spiro atoms. The Bertz CT molecular complexity index is 56.3. The van der Waals surface area contributed by atoms with Crippen molar-refractivity contribution < 1.29 is 29.6 Å². The first kappa shape index (κ1) is 15.8. The third kappa shape index (κ3) is 824. The van der Waals surface area contributed by atoms with Crippen molar-refractivity contribution in [3.63, 3.8) is 0 Å². The average Bonchev–Trinajstić information content (AvgIpc) is 1.33. The topological polar surface area (TPSA) is 61.9 Å². The third-order valence-electron chi connectivity index (χ3n) is 0. The second kappa shape index (κ2) is 15.6. The van der Waals surface area contributed by atoms with Crippen molar-refractivity contribution in [1.82, 2.24) is 4.57 Å². The normalized spacial score (nSPS) is 5.88. The van der Waals surface area contributed by atoms with E-state index in [9.17, 15) is 0 Å². The molecule has 0 saturated heterocycles. The second-order valence-electron chi connectivity index (χ2n) is 1.43. The van der Waals surface area contributed by atoms with Gasteiger partial charge >= 0.3 is 29.6 Å². The maximum absolute atomic E-state index is 6.75. The molecule has 0 saturated carbocycles. The van der Waals surface area contributed by atoms with Gasteiger partial charge in [0.1, 0.15) is 0 Å². The van der Waals surface area contributed by atoms with Crippen LogP contribution < -0.4 is 29.6 Å². The molecule has 0 aromatic heterocycles. The van der Waals surface area contributed by atoms with Gasteiger partial charge in [-0.3, -0.25) is 4.91 Å². The molecule has 0 unspecified atom stereocenters. The maximum Gasteiger partial charge on any atom is 1.00 e. The molecule has 0 aromatic rings. The molecule has 0 N–H and O–H groups in total. The molecule has 4 nitrogen and oxygen atoms in total. The molecule has 42 valence electrons. The van der Waals surface area contributed by atoms with Crippen molar-refractivity contribution >= 4 is 10.4 Å². The number of hydrogen-bond donors (Lipinski definition) is 0. The Morgan fingerprint density at radius 2 is 1.38 bits per heavy atom. The van der Waals surface area contributed by atoms with E-state index in [0.717, 1.165) is 0 Å². The summed E-state index contributed by atoms with van der Waals surface area (Å²) in [5.41, 5.74) is 13.5. The molecule has 0 rings (SSSR count). The van der Waals surface area contributed by atoms with E-state index in [1.54, 1.807) is 0 Å². The zero-order valence-electron chi connectivity index (χ0n) is 5.79. The zero-order chi connectivity index (χ0) is 6.28. The van der Waals surface area contributed by atoms with Crippen LogP contribution in [0.25, 0.3) is 16.0 Å². The summed E-state index contributed by atoms with van der Waals surface area (Å²) in [7, 11) is 5.31. The van der Waals surface area contributed by atoms with Crippen LogP contribution in [0.3, 0.4) is 0 Å². The van der Waals surface area contributed by atoms with Gasteiger partial charge in [-0.05, 0) is 14.1 Å². The summed E-state index contributed by atoms with van der Waals surface area (Å²) < 4.78 is 2.14. The smallest absolute Gasteiger partial charge is 0.373 e. The van der Waals surface area contributed by atoms with E-state index < -0.39 is 0 Å². The molecule has 8 heavy (non-hydrogen) atoms. The Morgan fingerprint density at radius 3 is 1.38 bits per heavy atom. The summed E-state index contributed by atoms with van der Waals surface area (Å²) in [6.07, 6.45) is 0. The Morgan fingerprint density at radius 1 is 1.38 bits per heavy atom. The van der Waals surface area contributed by atoms with Crippen LogP contribution in [0, 0.1) is 0 Å². The largest absolute Gasteiger partial charge is 1.00 e. The van der Waals surface area contributed by atoms with Crippen molar-refractivity contribution in [3.8, 4) is 0 Å². The van der Waals surface area contributed by atoms with E-state index in [-0.39, 0.29) is 29.6 Å². The molecule has 0 bridgehead atoms. The molecule has 0 aliphatic rings. The van der Waals surface area contributed by atoms with Gasteiger partial charge in [0.2, 0.25) is 0 Å². The van der Waals surface area contributed by atoms with Gasteiger partial charge in [0.15, 0.2) is 0 Å². The molecule has 0 amide bonds. The molecular formula is C2H9N4NaSi. The molecular weight excluding hydrogens is 131 g/mol. The summed E-state index contributed by atoms with van der Waals surface area (Å²) >= 11 is 0. The summed E-state index contributed by atoms with van der Waals surface area (Å²) in [6, 6.07) is 0. The van der Waals surface area contributed by atoms with Crippen LogP contribution in [0.2, 0.25) is 0 Å². The SMILES string of the molecule is CN(C)[SiH3].[N-]=[N+]=[N-].[Na+]. The van der Waals surface area contributed by atoms with Gasteiger partial charge < -0.3 is 15.6 Å². The van der Waals surface area contributed by atoms with Crippen LogP contribution in [0.1, 0.15) is 0 Å². The van der Waals surface area contributed by atoms with Crippen LogP contribution in [0.5, 0.6) is 0 Å². The van der Waals surface area contributed by atoms with Crippen LogP contribution in [-0.4, -0.2) is 29.1 Å². The number of nitrogens with zero attached hydrogens (tertiary/aromatic N) is 4. The quantitative estimate of drug-likeness (QED) is 0.150. The Kier molecular flexibility index (Phi) is 30.9. The Balaban J connectivity index is -0.0000000575. The summed E-state index contributed by atoms with van der Waals surface area (Å²) in [4.78, 5) is 1.50. The van der Waals surface area contributed by atoms with Gasteiger partial charge in [0.25, 0.3) is 0 Å². The summed E-state index contributed by atoms with van der Waals surface area (Å²) in [6.45, 7) is 0. The molecule has 6 heteroatoms. The Labute approximate surface area is 74.5 Å². The van der Waals surface area contributed by atoms with Crippen LogP contribution in [0.15, 0.2) is 0 Å². The fourth-order valence-corrected chi connectivity index (χ4v) is 0. The second-order valence-corrected chi connectivity index (χ2v) is 3.22. The fraction of sp³-hybridized carbons (Fsp3) is 1.00. The number of hydrogen-bond acceptors (Lipinski definition) is 1. The van der Waals surface area contributed by atoms with E-state index >= 15 is 0 Å². The third-order valence-corrected chi connectivity index (χ3v) is 0. The van der Waals surface area contributed by atoms with E-state index in [2.05, 4.69) is 18.7 Å². The van der Waals surface area contributed by atoms with E-state index in [1.165, 1.54) is 15.3 Å². The van der Waals surface area contributed by atoms with Crippen molar-refractivity contribution in [2.45, 2.75) is 0 Å². The van der Waals surface area contributed by atoms with Gasteiger partial charge in [-0.25, -0.2) is 0 Å². The predicted molar refractivity (Wildman–Crippen MR) is 33.7 cm³/mol. The minimum atomic E-state index is 0. The first-order valence-electron chi connectivity index (χ1n) is 1.74. The van der Waals surface area contributed by atoms with E-state index in [4.69, 9.17) is 11.1 Å². The monoisotopic (exact) mass is 140 g/mol. The molecule has 0 aliphatic heterocycles. The Hall–Kier alpha value is 0.487. The molecule has 0 atom stereocenters. The minimum absolute atomic E-state index is 0. The van der Waals surface area contributed by atoms with Crippen molar-refractivity contribution in [1.29, 1.82) is 0 Å². The molecule has 0 aliphatic carbocycles. The fourth-order valence-electron chi connectivity index (χ4n) is 0. The summed E-state index contributed by atoms with van der Waals surface area (Å²) in [5.74, 6) is 0.